The minimum Gasteiger partial charge on any atom is -0.426 e. The molecule has 3 N–H and O–H groups in total. The Bertz CT molecular complexity index is 1110. The van der Waals surface area contributed by atoms with Crippen LogP contribution in [-0.4, -0.2) is 73.2 Å². The Hall–Kier alpha value is -2.57. The van der Waals surface area contributed by atoms with Gasteiger partial charge in [-0.2, -0.15) is 8.42 Å². The Morgan fingerprint density at radius 2 is 1.82 bits per heavy atom. The van der Waals surface area contributed by atoms with Crippen LogP contribution in [0.3, 0.4) is 0 Å². The predicted octanol–water partition coefficient (Wildman–Crippen LogP) is 3.78. The zero-order chi connectivity index (χ0) is 28.9. The molecule has 0 spiro atoms. The number of urea groups is 1. The molecule has 1 aliphatic heterocycles. The van der Waals surface area contributed by atoms with Crippen LogP contribution in [0, 0.1) is 11.3 Å². The minimum absolute atomic E-state index is 0.154. The van der Waals surface area contributed by atoms with Gasteiger partial charge in [-0.05, 0) is 55.2 Å². The van der Waals surface area contributed by atoms with E-state index in [4.69, 9.17) is 20.9 Å². The van der Waals surface area contributed by atoms with Gasteiger partial charge in [0.1, 0.15) is 11.6 Å². The first-order chi connectivity index (χ1) is 17.4. The van der Waals surface area contributed by atoms with Gasteiger partial charge in [0.2, 0.25) is 11.8 Å². The average Bonchev–Trinajstić information content (AvgIpc) is 2.79. The SMILES string of the molecule is CC(C)C(NC(=O)NCC(C)(C)OC(=O)OCS(=O)(=O)O)C(=O)N1CCC(c2ccc(Cl)cc2)C(C)(C)C1. The Labute approximate surface area is 229 Å². The van der Waals surface area contributed by atoms with Crippen molar-refractivity contribution in [1.29, 1.82) is 0 Å². The fraction of sp³-hybridized carbons (Fsp3) is 0.640. The van der Waals surface area contributed by atoms with Gasteiger partial charge < -0.3 is 25.0 Å². The zero-order valence-corrected chi connectivity index (χ0v) is 24.2. The third-order valence-corrected chi connectivity index (χ3v) is 7.06. The molecule has 38 heavy (non-hydrogen) atoms. The molecule has 0 saturated carbocycles. The highest BCUT2D eigenvalue weighted by atomic mass is 35.5. The number of hydrogen-bond acceptors (Lipinski definition) is 7. The molecule has 1 fully saturated rings. The molecular formula is C25H38ClN3O8S. The lowest BCUT2D eigenvalue weighted by Gasteiger charge is -2.45. The molecule has 1 aromatic rings. The smallest absolute Gasteiger partial charge is 0.426 e. The summed E-state index contributed by atoms with van der Waals surface area (Å²) in [6.07, 6.45) is -0.550. The predicted molar refractivity (Wildman–Crippen MR) is 142 cm³/mol. The van der Waals surface area contributed by atoms with E-state index in [0.29, 0.717) is 18.1 Å². The van der Waals surface area contributed by atoms with E-state index in [9.17, 15) is 22.8 Å². The van der Waals surface area contributed by atoms with Gasteiger partial charge in [-0.25, -0.2) is 9.59 Å². The number of ether oxygens (including phenoxy) is 2. The average molecular weight is 576 g/mol. The van der Waals surface area contributed by atoms with Gasteiger partial charge in [0, 0.05) is 18.1 Å². The van der Waals surface area contributed by atoms with Crippen molar-refractivity contribution in [2.75, 3.05) is 25.6 Å². The van der Waals surface area contributed by atoms with Crippen molar-refractivity contribution in [3.05, 3.63) is 34.9 Å². The van der Waals surface area contributed by atoms with Crippen LogP contribution in [-0.2, 0) is 24.4 Å². The molecule has 2 atom stereocenters. The maximum absolute atomic E-state index is 13.5. The molecule has 0 aromatic heterocycles. The monoisotopic (exact) mass is 575 g/mol. The highest BCUT2D eigenvalue weighted by Gasteiger charge is 2.40. The maximum Gasteiger partial charge on any atom is 0.509 e. The van der Waals surface area contributed by atoms with E-state index in [1.807, 2.05) is 38.1 Å². The topological polar surface area (TPSA) is 151 Å². The molecule has 0 aliphatic carbocycles. The van der Waals surface area contributed by atoms with Gasteiger partial charge in [-0.3, -0.25) is 9.35 Å². The summed E-state index contributed by atoms with van der Waals surface area (Å²) in [6, 6.07) is 6.38. The van der Waals surface area contributed by atoms with Crippen LogP contribution in [0.5, 0.6) is 0 Å². The van der Waals surface area contributed by atoms with Crippen LogP contribution in [0.4, 0.5) is 9.59 Å². The molecule has 2 unspecified atom stereocenters. The summed E-state index contributed by atoms with van der Waals surface area (Å²) in [6.45, 7) is 11.8. The lowest BCUT2D eigenvalue weighted by molar-refractivity contribution is -0.137. The van der Waals surface area contributed by atoms with Crippen LogP contribution in [0.25, 0.3) is 0 Å². The highest BCUT2D eigenvalue weighted by Crippen LogP contribution is 2.42. The van der Waals surface area contributed by atoms with E-state index < -0.39 is 39.9 Å². The Morgan fingerprint density at radius 1 is 1.21 bits per heavy atom. The first-order valence-electron chi connectivity index (χ1n) is 12.3. The van der Waals surface area contributed by atoms with Gasteiger partial charge in [-0.15, -0.1) is 0 Å². The standard InChI is InChI=1S/C25H38ClN3O8S/c1-16(2)20(28-22(31)27-13-25(5,6)37-23(32)36-15-38(33,34)35)21(30)29-12-11-19(24(3,4)14-29)17-7-9-18(26)10-8-17/h7-10,16,19-20H,11-15H2,1-6H3,(H2,27,28,31)(H,33,34,35). The number of hydrogen-bond donors (Lipinski definition) is 3. The number of carbonyl (C=O) groups excluding carboxylic acids is 3. The second-order valence-electron chi connectivity index (χ2n) is 11.1. The number of carbonyl (C=O) groups is 3. The second-order valence-corrected chi connectivity index (χ2v) is 13.0. The number of benzene rings is 1. The molecule has 11 nitrogen and oxygen atoms in total. The third-order valence-electron chi connectivity index (χ3n) is 6.39. The van der Waals surface area contributed by atoms with Gasteiger partial charge in [0.15, 0.2) is 0 Å². The molecule has 214 valence electrons. The minimum atomic E-state index is -4.51. The molecule has 0 bridgehead atoms. The van der Waals surface area contributed by atoms with Crippen molar-refractivity contribution in [1.82, 2.24) is 15.5 Å². The van der Waals surface area contributed by atoms with Crippen LogP contribution in [0.15, 0.2) is 24.3 Å². The van der Waals surface area contributed by atoms with Crippen molar-refractivity contribution in [3.63, 3.8) is 0 Å². The molecule has 1 saturated heterocycles. The summed E-state index contributed by atoms with van der Waals surface area (Å²) in [5, 5.41) is 5.96. The van der Waals surface area contributed by atoms with E-state index in [1.54, 1.807) is 4.90 Å². The summed E-state index contributed by atoms with van der Waals surface area (Å²) in [5.41, 5.74) is -0.286. The lowest BCUT2D eigenvalue weighted by Crippen LogP contribution is -2.58. The van der Waals surface area contributed by atoms with Gasteiger partial charge >= 0.3 is 22.3 Å². The molecule has 1 aliphatic rings. The van der Waals surface area contributed by atoms with Crippen LogP contribution >= 0.6 is 11.6 Å². The van der Waals surface area contributed by atoms with Gasteiger partial charge in [0.05, 0.1) is 6.54 Å². The van der Waals surface area contributed by atoms with E-state index in [1.165, 1.54) is 19.4 Å². The van der Waals surface area contributed by atoms with Gasteiger partial charge in [0.25, 0.3) is 0 Å². The Balaban J connectivity index is 1.95. The van der Waals surface area contributed by atoms with Crippen LogP contribution in [0.2, 0.25) is 5.02 Å². The quantitative estimate of drug-likeness (QED) is 0.297. The molecule has 1 aromatic carbocycles. The second kappa shape index (κ2) is 12.5. The fourth-order valence-electron chi connectivity index (χ4n) is 4.47. The number of nitrogens with one attached hydrogen (secondary N) is 2. The van der Waals surface area contributed by atoms with Crippen molar-refractivity contribution in [3.8, 4) is 0 Å². The normalized spacial score (nSPS) is 18.4. The third kappa shape index (κ3) is 9.63. The number of piperidine rings is 1. The Morgan fingerprint density at radius 3 is 2.34 bits per heavy atom. The summed E-state index contributed by atoms with van der Waals surface area (Å²) >= 11 is 6.04. The van der Waals surface area contributed by atoms with Crippen molar-refractivity contribution in [2.45, 2.75) is 65.5 Å². The first-order valence-corrected chi connectivity index (χ1v) is 14.3. The molecule has 1 heterocycles. The molecule has 13 heteroatoms. The highest BCUT2D eigenvalue weighted by molar-refractivity contribution is 7.85. The van der Waals surface area contributed by atoms with Gasteiger partial charge in [-0.1, -0.05) is 51.4 Å². The van der Waals surface area contributed by atoms with Crippen molar-refractivity contribution in [2.24, 2.45) is 11.3 Å². The number of rotatable bonds is 9. The summed E-state index contributed by atoms with van der Waals surface area (Å²) in [7, 11) is -4.51. The largest absolute Gasteiger partial charge is 0.509 e. The summed E-state index contributed by atoms with van der Waals surface area (Å²) < 4.78 is 39.3. The van der Waals surface area contributed by atoms with Crippen LogP contribution in [0.1, 0.15) is 59.4 Å². The van der Waals surface area contributed by atoms with Crippen molar-refractivity contribution >= 4 is 39.8 Å². The number of nitrogens with zero attached hydrogens (tertiary/aromatic N) is 1. The maximum atomic E-state index is 13.5. The first kappa shape index (κ1) is 31.6. The summed E-state index contributed by atoms with van der Waals surface area (Å²) in [5.74, 6) is -1.36. The molecule has 3 amide bonds. The molecule has 2 rings (SSSR count). The van der Waals surface area contributed by atoms with Crippen molar-refractivity contribution < 1.29 is 36.8 Å². The van der Waals surface area contributed by atoms with E-state index in [-0.39, 0.29) is 29.7 Å². The fourth-order valence-corrected chi connectivity index (χ4v) is 4.84. The van der Waals surface area contributed by atoms with E-state index in [0.717, 1.165) is 6.42 Å². The zero-order valence-electron chi connectivity index (χ0n) is 22.6. The Kier molecular flexibility index (Phi) is 10.4. The summed E-state index contributed by atoms with van der Waals surface area (Å²) in [4.78, 5) is 39.5. The number of halogens is 1. The van der Waals surface area contributed by atoms with Crippen LogP contribution < -0.4 is 10.6 Å². The van der Waals surface area contributed by atoms with E-state index >= 15 is 0 Å². The molecule has 0 radical (unpaired) electrons. The number of likely N-dealkylation sites (tertiary alicyclic amines) is 1. The van der Waals surface area contributed by atoms with E-state index in [2.05, 4.69) is 29.2 Å². The molecular weight excluding hydrogens is 538 g/mol. The number of amides is 3. The lowest BCUT2D eigenvalue weighted by atomic mass is 9.70.